The lowest BCUT2D eigenvalue weighted by Gasteiger charge is -2.27. The van der Waals surface area contributed by atoms with Crippen LogP contribution in [-0.4, -0.2) is 59.6 Å². The number of fused-ring (bicyclic) bond motifs is 2. The number of anilines is 1. The molecule has 2 aliphatic rings. The fraction of sp³-hybridized carbons (Fsp3) is 0.391. The Balaban J connectivity index is 1.37. The number of carbonyl (C=O) groups excluding carboxylic acids is 2. The first-order chi connectivity index (χ1) is 17.1. The Morgan fingerprint density at radius 1 is 1.22 bits per heavy atom. The third-order valence-corrected chi connectivity index (χ3v) is 6.53. The Morgan fingerprint density at radius 2 is 2.00 bits per heavy atom. The van der Waals surface area contributed by atoms with Gasteiger partial charge >= 0.3 is 12.1 Å². The minimum atomic E-state index is -4.66. The van der Waals surface area contributed by atoms with Crippen LogP contribution in [0.3, 0.4) is 0 Å². The summed E-state index contributed by atoms with van der Waals surface area (Å²) in [5.74, 6) is -2.46. The van der Waals surface area contributed by atoms with Crippen LogP contribution in [0.5, 0.6) is 0 Å². The Bertz CT molecular complexity index is 1390. The molecule has 3 aromatic rings. The molecule has 1 saturated carbocycles. The molecule has 13 heteroatoms. The van der Waals surface area contributed by atoms with Gasteiger partial charge < -0.3 is 15.3 Å². The number of hydrogen-bond acceptors (Lipinski definition) is 6. The van der Waals surface area contributed by atoms with Gasteiger partial charge in [0.05, 0.1) is 11.7 Å². The topological polar surface area (TPSA) is 130 Å². The fourth-order valence-corrected chi connectivity index (χ4v) is 4.72. The summed E-state index contributed by atoms with van der Waals surface area (Å²) in [6, 6.07) is 3.76. The number of amides is 2. The number of aromatic nitrogens is 4. The summed E-state index contributed by atoms with van der Waals surface area (Å²) >= 11 is 0. The largest absolute Gasteiger partial charge is 0.476 e. The second-order valence-corrected chi connectivity index (χ2v) is 8.87. The molecule has 1 aliphatic carbocycles. The fourth-order valence-electron chi connectivity index (χ4n) is 4.72. The van der Waals surface area contributed by atoms with E-state index in [0.29, 0.717) is 29.4 Å². The van der Waals surface area contributed by atoms with Gasteiger partial charge in [0.2, 0.25) is 11.8 Å². The highest BCUT2D eigenvalue weighted by Gasteiger charge is 2.56. The van der Waals surface area contributed by atoms with E-state index in [1.807, 2.05) is 6.92 Å². The highest BCUT2D eigenvalue weighted by atomic mass is 19.4. The van der Waals surface area contributed by atoms with Gasteiger partial charge in [-0.2, -0.15) is 18.3 Å². The Labute approximate surface area is 202 Å². The maximum Gasteiger partial charge on any atom is 0.433 e. The maximum absolute atomic E-state index is 13.3. The van der Waals surface area contributed by atoms with E-state index >= 15 is 0 Å². The standard InChI is InChI=1S/C23H21F3N6O4/c1-2-12-8-13-16(9-27-12)31(30-20(13)22(35)36)10-19(33)32-14-6-11(14)7-15(32)21(34)29-18-5-3-4-17(28-18)23(24,25)26/h3-5,8-9,11,14-15H,2,6-7,10H2,1H3,(H,35,36)(H,28,29,34)/t11-,14-,15+/m1/s1. The number of halogens is 3. The highest BCUT2D eigenvalue weighted by molar-refractivity contribution is 6.01. The number of hydrogen-bond donors (Lipinski definition) is 2. The molecule has 0 aromatic carbocycles. The molecule has 2 N–H and O–H groups in total. The van der Waals surface area contributed by atoms with E-state index in [1.165, 1.54) is 21.8 Å². The number of piperidine rings is 1. The van der Waals surface area contributed by atoms with Gasteiger partial charge in [-0.05, 0) is 43.4 Å². The zero-order chi connectivity index (χ0) is 25.8. The van der Waals surface area contributed by atoms with Crippen LogP contribution in [0.4, 0.5) is 19.0 Å². The van der Waals surface area contributed by atoms with E-state index in [9.17, 15) is 32.7 Å². The number of rotatable bonds is 6. The molecule has 0 unspecified atom stereocenters. The lowest BCUT2D eigenvalue weighted by atomic mass is 10.1. The minimum Gasteiger partial charge on any atom is -0.476 e. The van der Waals surface area contributed by atoms with Crippen LogP contribution < -0.4 is 5.32 Å². The van der Waals surface area contributed by atoms with Crippen LogP contribution in [0.1, 0.15) is 41.6 Å². The van der Waals surface area contributed by atoms with Crippen molar-refractivity contribution in [2.45, 2.75) is 51.0 Å². The van der Waals surface area contributed by atoms with Crippen molar-refractivity contribution in [3.8, 4) is 0 Å². The van der Waals surface area contributed by atoms with Gasteiger partial charge in [-0.15, -0.1) is 0 Å². The summed E-state index contributed by atoms with van der Waals surface area (Å²) in [6.45, 7) is 1.56. The van der Waals surface area contributed by atoms with Gasteiger partial charge in [0.15, 0.2) is 5.69 Å². The van der Waals surface area contributed by atoms with Crippen molar-refractivity contribution in [2.24, 2.45) is 5.92 Å². The van der Waals surface area contributed by atoms with Gasteiger partial charge in [0, 0.05) is 17.1 Å². The predicted molar refractivity (Wildman–Crippen MR) is 119 cm³/mol. The zero-order valence-electron chi connectivity index (χ0n) is 19.0. The number of likely N-dealkylation sites (tertiary alicyclic amines) is 1. The normalized spacial score (nSPS) is 20.9. The average molecular weight is 502 g/mol. The molecule has 5 rings (SSSR count). The Morgan fingerprint density at radius 3 is 2.69 bits per heavy atom. The Hall–Kier alpha value is -4.03. The van der Waals surface area contributed by atoms with Crippen molar-refractivity contribution in [2.75, 3.05) is 5.32 Å². The molecule has 2 fully saturated rings. The number of nitrogens with one attached hydrogen (secondary N) is 1. The molecule has 10 nitrogen and oxygen atoms in total. The molecular formula is C23H21F3N6O4. The van der Waals surface area contributed by atoms with Crippen molar-refractivity contribution >= 4 is 34.5 Å². The predicted octanol–water partition coefficient (Wildman–Crippen LogP) is 2.73. The van der Waals surface area contributed by atoms with E-state index in [1.54, 1.807) is 6.07 Å². The van der Waals surface area contributed by atoms with Crippen LogP contribution in [0.2, 0.25) is 0 Å². The van der Waals surface area contributed by atoms with E-state index < -0.39 is 35.7 Å². The van der Waals surface area contributed by atoms with Crippen LogP contribution in [0.15, 0.2) is 30.5 Å². The summed E-state index contributed by atoms with van der Waals surface area (Å²) in [5, 5.41) is 16.4. The smallest absolute Gasteiger partial charge is 0.433 e. The van der Waals surface area contributed by atoms with Gasteiger partial charge in [-0.3, -0.25) is 19.3 Å². The van der Waals surface area contributed by atoms with E-state index in [-0.39, 0.29) is 30.0 Å². The first-order valence-corrected chi connectivity index (χ1v) is 11.3. The molecule has 0 spiro atoms. The van der Waals surface area contributed by atoms with Crippen LogP contribution in [0, 0.1) is 5.92 Å². The van der Waals surface area contributed by atoms with Crippen molar-refractivity contribution in [3.05, 3.63) is 47.5 Å². The van der Waals surface area contributed by atoms with Gasteiger partial charge in [0.25, 0.3) is 0 Å². The number of nitrogens with zero attached hydrogens (tertiary/aromatic N) is 5. The molecule has 3 aromatic heterocycles. The minimum absolute atomic E-state index is 0.122. The first kappa shape index (κ1) is 23.7. The molecule has 188 valence electrons. The summed E-state index contributed by atoms with van der Waals surface area (Å²) in [5.41, 5.74) is -0.289. The summed E-state index contributed by atoms with van der Waals surface area (Å²) in [7, 11) is 0. The van der Waals surface area contributed by atoms with E-state index in [4.69, 9.17) is 0 Å². The molecule has 0 radical (unpaired) electrons. The van der Waals surface area contributed by atoms with Crippen molar-refractivity contribution in [3.63, 3.8) is 0 Å². The second kappa shape index (κ2) is 8.57. The quantitative estimate of drug-likeness (QED) is 0.530. The SMILES string of the molecule is CCc1cc2c(C(=O)O)nn(CC(=O)N3[C@@H]4C[C@@H]4C[C@H]3C(=O)Nc3cccc(C(F)(F)F)n3)c2cn1. The number of pyridine rings is 2. The first-order valence-electron chi connectivity index (χ1n) is 11.3. The molecule has 1 saturated heterocycles. The van der Waals surface area contributed by atoms with Crippen LogP contribution in [0.25, 0.3) is 10.9 Å². The zero-order valence-corrected chi connectivity index (χ0v) is 19.0. The second-order valence-electron chi connectivity index (χ2n) is 8.87. The summed E-state index contributed by atoms with van der Waals surface area (Å²) in [6.07, 6.45) is -1.50. The molecule has 3 atom stereocenters. The number of carboxylic acids is 1. The molecule has 0 bridgehead atoms. The number of carboxylic acid groups (broad SMARTS) is 1. The highest BCUT2D eigenvalue weighted by Crippen LogP contribution is 2.48. The third-order valence-electron chi connectivity index (χ3n) is 6.53. The average Bonchev–Trinajstić information content (AvgIpc) is 3.34. The van der Waals surface area contributed by atoms with Crippen molar-refractivity contribution in [1.82, 2.24) is 24.6 Å². The number of alkyl halides is 3. The van der Waals surface area contributed by atoms with Gasteiger partial charge in [-0.25, -0.2) is 9.78 Å². The van der Waals surface area contributed by atoms with Crippen molar-refractivity contribution in [1.29, 1.82) is 0 Å². The van der Waals surface area contributed by atoms with E-state index in [2.05, 4.69) is 20.4 Å². The van der Waals surface area contributed by atoms with Crippen LogP contribution >= 0.6 is 0 Å². The number of aromatic carboxylic acids is 1. The monoisotopic (exact) mass is 502 g/mol. The van der Waals surface area contributed by atoms with E-state index in [0.717, 1.165) is 18.6 Å². The molecule has 2 amide bonds. The maximum atomic E-state index is 13.3. The van der Waals surface area contributed by atoms with Gasteiger partial charge in [-0.1, -0.05) is 13.0 Å². The third kappa shape index (κ3) is 4.25. The van der Waals surface area contributed by atoms with Crippen LogP contribution in [-0.2, 0) is 28.7 Å². The summed E-state index contributed by atoms with van der Waals surface area (Å²) in [4.78, 5) is 47.1. The number of carbonyl (C=O) groups is 3. The lowest BCUT2D eigenvalue weighted by molar-refractivity contribution is -0.141. The Kier molecular flexibility index (Phi) is 5.64. The number of aryl methyl sites for hydroxylation is 1. The molecular weight excluding hydrogens is 481 g/mol. The lowest BCUT2D eigenvalue weighted by Crippen LogP contribution is -2.46. The summed E-state index contributed by atoms with van der Waals surface area (Å²) < 4.78 is 40.2. The van der Waals surface area contributed by atoms with Crippen molar-refractivity contribution < 1.29 is 32.7 Å². The molecule has 4 heterocycles. The molecule has 1 aliphatic heterocycles. The molecule has 36 heavy (non-hydrogen) atoms. The van der Waals surface area contributed by atoms with Gasteiger partial charge in [0.1, 0.15) is 24.1 Å².